The molecule has 0 heterocycles. The number of nitrogens with zero attached hydrogens (tertiary/aromatic N) is 1. The second kappa shape index (κ2) is 14.1. The fourth-order valence-corrected chi connectivity index (χ4v) is 2.38. The van der Waals surface area contributed by atoms with E-state index in [1.54, 1.807) is 6.07 Å². The minimum atomic E-state index is -2.71. The second-order valence-corrected chi connectivity index (χ2v) is 6.05. The monoisotopic (exact) mass is 581 g/mol. The van der Waals surface area contributed by atoms with Gasteiger partial charge in [0, 0.05) is 55.0 Å². The third-order valence-corrected chi connectivity index (χ3v) is 4.12. The van der Waals surface area contributed by atoms with Crippen molar-refractivity contribution < 1.29 is 39.6 Å². The van der Waals surface area contributed by atoms with E-state index >= 15 is 0 Å². The van der Waals surface area contributed by atoms with E-state index in [1.807, 2.05) is 0 Å². The third-order valence-electron chi connectivity index (χ3n) is 2.68. The molecule has 0 spiro atoms. The summed E-state index contributed by atoms with van der Waals surface area (Å²) in [6, 6.07) is 7.59. The van der Waals surface area contributed by atoms with Crippen LogP contribution in [0.4, 0.5) is 28.9 Å². The Morgan fingerprint density at radius 3 is 1.70 bits per heavy atom. The Morgan fingerprint density at radius 1 is 0.926 bits per heavy atom. The number of nitrogen functional groups attached to an aromatic ring is 1. The van der Waals surface area contributed by atoms with Crippen LogP contribution in [0.5, 0.6) is 0 Å². The molecule has 0 fully saturated rings. The van der Waals surface area contributed by atoms with Crippen molar-refractivity contribution in [1.82, 2.24) is 6.15 Å². The van der Waals surface area contributed by atoms with Gasteiger partial charge in [0.25, 0.3) is 18.5 Å². The van der Waals surface area contributed by atoms with Crippen LogP contribution in [0, 0.1) is 10.1 Å². The van der Waals surface area contributed by atoms with Gasteiger partial charge in [-0.25, -0.2) is 17.6 Å². The van der Waals surface area contributed by atoms with Crippen molar-refractivity contribution in [2.75, 3.05) is 5.73 Å². The van der Waals surface area contributed by atoms with Gasteiger partial charge in [0.05, 0.1) is 4.92 Å². The topological polar surface area (TPSA) is 104 Å². The quantitative estimate of drug-likeness (QED) is 0.136. The zero-order valence-electron chi connectivity index (χ0n) is 13.2. The minimum absolute atomic E-state index is 0. The molecule has 5 N–H and O–H groups in total. The number of nitrogens with two attached hydrogens (primary N) is 1. The summed E-state index contributed by atoms with van der Waals surface area (Å²) < 4.78 is 49.2. The normalized spacial score (nSPS) is 9.33. The number of hydrogen-bond donors (Lipinski definition) is 2. The van der Waals surface area contributed by atoms with Crippen LogP contribution in [0.25, 0.3) is 0 Å². The summed E-state index contributed by atoms with van der Waals surface area (Å²) in [6.07, 6.45) is -5.19. The van der Waals surface area contributed by atoms with Crippen molar-refractivity contribution in [1.29, 1.82) is 0 Å². The molecule has 5 nitrogen and oxygen atoms in total. The van der Waals surface area contributed by atoms with Gasteiger partial charge in [-0.05, 0) is 24.3 Å². The van der Waals surface area contributed by atoms with Crippen LogP contribution < -0.4 is 11.9 Å². The summed E-state index contributed by atoms with van der Waals surface area (Å²) in [6.45, 7) is 0. The van der Waals surface area contributed by atoms with E-state index in [2.05, 4.69) is 31.9 Å². The predicted molar refractivity (Wildman–Crippen MR) is 102 cm³/mol. The largest absolute Gasteiger partial charge is 0.399 e. The van der Waals surface area contributed by atoms with Gasteiger partial charge in [0.2, 0.25) is 0 Å². The average molecular weight is 583 g/mol. The van der Waals surface area contributed by atoms with Gasteiger partial charge in [-0.15, -0.1) is 12.4 Å². The molecule has 2 aromatic rings. The number of non-ortho nitro benzene ring substituents is 1. The maximum atomic E-state index is 12.2. The van der Waals surface area contributed by atoms with Crippen molar-refractivity contribution >= 4 is 55.6 Å². The predicted octanol–water partition coefficient (Wildman–Crippen LogP) is 6.85. The Bertz CT molecular complexity index is 746. The summed E-state index contributed by atoms with van der Waals surface area (Å²) in [5, 5.41) is 10.2. The molecule has 0 bridgehead atoms. The first kappa shape index (κ1) is 30.8. The summed E-state index contributed by atoms with van der Waals surface area (Å²) in [5.74, 6) is 0. The van der Waals surface area contributed by atoms with Crippen LogP contribution in [0.3, 0.4) is 0 Å². The number of alkyl halides is 4. The Balaban J connectivity index is -0.000000388. The fraction of sp³-hybridized carbons (Fsp3) is 0.143. The molecule has 0 aliphatic carbocycles. The molecule has 2 rings (SSSR count). The Hall–Kier alpha value is -0.911. The first-order chi connectivity index (χ1) is 11.1. The first-order valence-electron chi connectivity index (χ1n) is 6.18. The molecule has 0 radical (unpaired) electrons. The molecule has 154 valence electrons. The summed E-state index contributed by atoms with van der Waals surface area (Å²) in [5.41, 5.74) is 4.90. The Kier molecular flexibility index (Phi) is 16.1. The smallest absolute Gasteiger partial charge is 0.269 e. The molecule has 27 heavy (non-hydrogen) atoms. The molecule has 0 saturated carbocycles. The molecule has 2 aromatic carbocycles. The van der Waals surface area contributed by atoms with Gasteiger partial charge in [0.1, 0.15) is 0 Å². The molecule has 0 aliphatic heterocycles. The number of anilines is 1. The molecule has 0 saturated heterocycles. The summed E-state index contributed by atoms with van der Waals surface area (Å²) >= 11 is 5.87. The van der Waals surface area contributed by atoms with Gasteiger partial charge in [0.15, 0.2) is 0 Å². The third kappa shape index (κ3) is 9.72. The number of benzene rings is 2. The maximum Gasteiger partial charge on any atom is 0.269 e. The van der Waals surface area contributed by atoms with Crippen molar-refractivity contribution in [2.24, 2.45) is 0 Å². The van der Waals surface area contributed by atoms with E-state index in [0.717, 1.165) is 12.1 Å². The average Bonchev–Trinajstić information content (AvgIpc) is 2.50. The van der Waals surface area contributed by atoms with Gasteiger partial charge in [-0.3, -0.25) is 10.1 Å². The van der Waals surface area contributed by atoms with E-state index in [4.69, 9.17) is 5.73 Å². The molecule has 0 unspecified atom stereocenters. The van der Waals surface area contributed by atoms with Crippen LogP contribution in [-0.4, -0.2) is 4.92 Å². The molecule has 0 atom stereocenters. The first-order valence-corrected chi connectivity index (χ1v) is 7.77. The van der Waals surface area contributed by atoms with Crippen LogP contribution >= 0.6 is 44.3 Å². The molecule has 13 heteroatoms. The van der Waals surface area contributed by atoms with Gasteiger partial charge < -0.3 is 11.9 Å². The van der Waals surface area contributed by atoms with Gasteiger partial charge >= 0.3 is 0 Å². The van der Waals surface area contributed by atoms with E-state index in [0.29, 0.717) is 10.2 Å². The van der Waals surface area contributed by atoms with E-state index in [1.165, 1.54) is 18.2 Å². The fourth-order valence-electron chi connectivity index (χ4n) is 1.54. The molecular formula is C14H14Br2ClF4FeN3O2. The standard InChI is InChI=1S/C7H4BrF2NO2.C7H6BrF2N.ClH.Fe.H3N/c8-6-2-1-4(11(12)13)3-5(6)7(9)10;8-6-2-1-4(11)3-5(6)7(9)10;;;/h1-3,7H;1-3,7H,11H2;1H;;1H3. The van der Waals surface area contributed by atoms with Gasteiger partial charge in [-0.2, -0.15) is 0 Å². The van der Waals surface area contributed by atoms with E-state index in [-0.39, 0.29) is 56.9 Å². The van der Waals surface area contributed by atoms with E-state index in [9.17, 15) is 27.7 Å². The summed E-state index contributed by atoms with van der Waals surface area (Å²) in [7, 11) is 0. The van der Waals surface area contributed by atoms with E-state index < -0.39 is 17.8 Å². The van der Waals surface area contributed by atoms with Gasteiger partial charge in [-0.1, -0.05) is 31.9 Å². The number of hydrogen-bond acceptors (Lipinski definition) is 4. The van der Waals surface area contributed by atoms with Crippen molar-refractivity contribution in [2.45, 2.75) is 12.9 Å². The molecule has 0 aliphatic rings. The van der Waals surface area contributed by atoms with Crippen molar-refractivity contribution in [3.8, 4) is 0 Å². The zero-order chi connectivity index (χ0) is 18.4. The van der Waals surface area contributed by atoms with Crippen LogP contribution in [0.15, 0.2) is 45.3 Å². The van der Waals surface area contributed by atoms with Crippen LogP contribution in [-0.2, 0) is 17.1 Å². The second-order valence-electron chi connectivity index (χ2n) is 4.35. The molecule has 0 aromatic heterocycles. The molecular weight excluding hydrogens is 569 g/mol. The number of rotatable bonds is 3. The minimum Gasteiger partial charge on any atom is -0.399 e. The van der Waals surface area contributed by atoms with Crippen LogP contribution in [0.2, 0.25) is 0 Å². The molecule has 0 amide bonds. The Labute approximate surface area is 185 Å². The Morgan fingerprint density at radius 2 is 1.33 bits per heavy atom. The van der Waals surface area contributed by atoms with Crippen molar-refractivity contribution in [3.05, 3.63) is 66.6 Å². The van der Waals surface area contributed by atoms with Crippen LogP contribution in [0.1, 0.15) is 24.0 Å². The maximum absolute atomic E-state index is 12.2. The number of halogens is 7. The van der Waals surface area contributed by atoms with Crippen molar-refractivity contribution in [3.63, 3.8) is 0 Å². The SMILES string of the molecule is Cl.N.Nc1ccc(Br)c(C(F)F)c1.O=[N+]([O-])c1ccc(Br)c(C(F)F)c1.[Fe]. The zero-order valence-corrected chi connectivity index (χ0v) is 18.3. The number of nitro benzene ring substituents is 1. The summed E-state index contributed by atoms with van der Waals surface area (Å²) in [4.78, 5) is 9.52. The number of nitro groups is 1.